The summed E-state index contributed by atoms with van der Waals surface area (Å²) in [5.41, 5.74) is 4.42. The number of hydrogen-bond donors (Lipinski definition) is 1. The SMILES string of the molecule is Cn1nnc(CC(F)(CN)c2ccccc2)n1. The molecule has 0 radical (unpaired) electrons. The summed E-state index contributed by atoms with van der Waals surface area (Å²) in [6.45, 7) is -0.116. The Morgan fingerprint density at radius 3 is 2.59 bits per heavy atom. The van der Waals surface area contributed by atoms with Gasteiger partial charge in [-0.15, -0.1) is 10.2 Å². The van der Waals surface area contributed by atoms with Crippen molar-refractivity contribution in [1.82, 2.24) is 20.2 Å². The van der Waals surface area contributed by atoms with Crippen LogP contribution in [0.15, 0.2) is 30.3 Å². The Bertz CT molecular complexity index is 484. The van der Waals surface area contributed by atoms with Gasteiger partial charge >= 0.3 is 0 Å². The van der Waals surface area contributed by atoms with Crippen LogP contribution in [0, 0.1) is 0 Å². The number of tetrazole rings is 1. The van der Waals surface area contributed by atoms with E-state index in [9.17, 15) is 4.39 Å². The summed E-state index contributed by atoms with van der Waals surface area (Å²) in [6.07, 6.45) is 0.0291. The topological polar surface area (TPSA) is 69.6 Å². The lowest BCUT2D eigenvalue weighted by Gasteiger charge is -2.22. The Balaban J connectivity index is 2.26. The van der Waals surface area contributed by atoms with Gasteiger partial charge < -0.3 is 5.73 Å². The largest absolute Gasteiger partial charge is 0.327 e. The summed E-state index contributed by atoms with van der Waals surface area (Å²) in [5.74, 6) is 0.351. The van der Waals surface area contributed by atoms with E-state index < -0.39 is 5.67 Å². The zero-order valence-corrected chi connectivity index (χ0v) is 9.55. The maximum absolute atomic E-state index is 14.7. The first-order valence-corrected chi connectivity index (χ1v) is 5.31. The minimum Gasteiger partial charge on any atom is -0.327 e. The van der Waals surface area contributed by atoms with Crippen molar-refractivity contribution >= 4 is 0 Å². The lowest BCUT2D eigenvalue weighted by molar-refractivity contribution is 0.171. The Morgan fingerprint density at radius 1 is 1.35 bits per heavy atom. The molecule has 1 atom stereocenters. The van der Waals surface area contributed by atoms with Crippen LogP contribution in [0.2, 0.25) is 0 Å². The molecule has 1 aromatic carbocycles. The van der Waals surface area contributed by atoms with Crippen LogP contribution in [-0.2, 0) is 19.1 Å². The van der Waals surface area contributed by atoms with Gasteiger partial charge in [0.2, 0.25) is 0 Å². The van der Waals surface area contributed by atoms with E-state index in [4.69, 9.17) is 5.73 Å². The maximum Gasteiger partial charge on any atom is 0.178 e. The fourth-order valence-corrected chi connectivity index (χ4v) is 1.67. The van der Waals surface area contributed by atoms with Gasteiger partial charge in [0.1, 0.15) is 0 Å². The predicted molar refractivity (Wildman–Crippen MR) is 60.8 cm³/mol. The molecule has 2 N–H and O–H groups in total. The zero-order chi connectivity index (χ0) is 12.3. The van der Waals surface area contributed by atoms with Crippen LogP contribution >= 0.6 is 0 Å². The van der Waals surface area contributed by atoms with Crippen molar-refractivity contribution in [3.05, 3.63) is 41.7 Å². The lowest BCUT2D eigenvalue weighted by Crippen LogP contribution is -2.33. The van der Waals surface area contributed by atoms with Crippen LogP contribution in [0.1, 0.15) is 11.4 Å². The maximum atomic E-state index is 14.7. The number of aromatic nitrogens is 4. The molecule has 0 spiro atoms. The molecule has 2 aromatic rings. The molecule has 6 heteroatoms. The van der Waals surface area contributed by atoms with Gasteiger partial charge in [-0.25, -0.2) is 4.39 Å². The van der Waals surface area contributed by atoms with Crippen molar-refractivity contribution in [1.29, 1.82) is 0 Å². The van der Waals surface area contributed by atoms with E-state index in [1.165, 1.54) is 4.80 Å². The molecule has 0 fully saturated rings. The molecule has 17 heavy (non-hydrogen) atoms. The number of benzene rings is 1. The van der Waals surface area contributed by atoms with Crippen molar-refractivity contribution in [2.45, 2.75) is 12.1 Å². The highest BCUT2D eigenvalue weighted by Crippen LogP contribution is 2.27. The van der Waals surface area contributed by atoms with Crippen LogP contribution in [0.5, 0.6) is 0 Å². The summed E-state index contributed by atoms with van der Waals surface area (Å²) in [6, 6.07) is 8.82. The van der Waals surface area contributed by atoms with Gasteiger partial charge in [0.05, 0.1) is 13.5 Å². The van der Waals surface area contributed by atoms with E-state index in [1.807, 2.05) is 6.07 Å². The van der Waals surface area contributed by atoms with Crippen molar-refractivity contribution in [3.63, 3.8) is 0 Å². The number of rotatable bonds is 4. The highest BCUT2D eigenvalue weighted by atomic mass is 19.1. The second kappa shape index (κ2) is 4.58. The molecule has 1 heterocycles. The fraction of sp³-hybridized carbons (Fsp3) is 0.364. The van der Waals surface area contributed by atoms with Gasteiger partial charge in [0.15, 0.2) is 11.5 Å². The highest BCUT2D eigenvalue weighted by Gasteiger charge is 2.32. The van der Waals surface area contributed by atoms with Gasteiger partial charge in [-0.2, -0.15) is 4.80 Å². The summed E-state index contributed by atoms with van der Waals surface area (Å²) < 4.78 is 14.7. The molecule has 90 valence electrons. The van der Waals surface area contributed by atoms with Crippen LogP contribution in [-0.4, -0.2) is 26.8 Å². The second-order valence-electron chi connectivity index (χ2n) is 3.91. The average Bonchev–Trinajstić information content (AvgIpc) is 2.75. The van der Waals surface area contributed by atoms with Gasteiger partial charge in [0, 0.05) is 6.54 Å². The number of alkyl halides is 1. The summed E-state index contributed by atoms with van der Waals surface area (Å²) in [5, 5.41) is 11.4. The average molecular weight is 235 g/mol. The van der Waals surface area contributed by atoms with Crippen LogP contribution in [0.25, 0.3) is 0 Å². The van der Waals surface area contributed by atoms with Crippen molar-refractivity contribution in [2.24, 2.45) is 12.8 Å². The molecule has 0 bridgehead atoms. The van der Waals surface area contributed by atoms with E-state index in [1.54, 1.807) is 31.3 Å². The van der Waals surface area contributed by atoms with Gasteiger partial charge in [0.25, 0.3) is 0 Å². The Labute approximate surface area is 98.4 Å². The van der Waals surface area contributed by atoms with E-state index in [2.05, 4.69) is 15.4 Å². The van der Waals surface area contributed by atoms with Crippen molar-refractivity contribution in [3.8, 4) is 0 Å². The smallest absolute Gasteiger partial charge is 0.178 e. The third-order valence-electron chi connectivity index (χ3n) is 2.60. The molecule has 1 unspecified atom stereocenters. The lowest BCUT2D eigenvalue weighted by atomic mass is 9.92. The minimum atomic E-state index is -1.65. The van der Waals surface area contributed by atoms with Gasteiger partial charge in [-0.05, 0) is 10.8 Å². The second-order valence-corrected chi connectivity index (χ2v) is 3.91. The van der Waals surface area contributed by atoms with Crippen LogP contribution < -0.4 is 5.73 Å². The standard InChI is InChI=1S/C11H14FN5/c1-17-15-10(14-16-17)7-11(12,8-13)9-5-3-2-4-6-9/h2-6H,7-8,13H2,1H3. The van der Waals surface area contributed by atoms with Crippen molar-refractivity contribution in [2.75, 3.05) is 6.54 Å². The molecular weight excluding hydrogens is 221 g/mol. The molecule has 0 aliphatic carbocycles. The summed E-state index contributed by atoms with van der Waals surface area (Å²) in [7, 11) is 1.64. The molecule has 1 aromatic heterocycles. The zero-order valence-electron chi connectivity index (χ0n) is 9.55. The number of nitrogens with two attached hydrogens (primary N) is 1. The molecule has 2 rings (SSSR count). The third-order valence-corrected chi connectivity index (χ3v) is 2.60. The molecule has 5 nitrogen and oxygen atoms in total. The van der Waals surface area contributed by atoms with Gasteiger partial charge in [-0.1, -0.05) is 30.3 Å². The number of nitrogens with zero attached hydrogens (tertiary/aromatic N) is 4. The molecule has 0 saturated carbocycles. The van der Waals surface area contributed by atoms with E-state index in [0.29, 0.717) is 11.4 Å². The van der Waals surface area contributed by atoms with Gasteiger partial charge in [-0.3, -0.25) is 0 Å². The molecule has 0 aliphatic rings. The number of hydrogen-bond acceptors (Lipinski definition) is 4. The van der Waals surface area contributed by atoms with E-state index >= 15 is 0 Å². The highest BCUT2D eigenvalue weighted by molar-refractivity contribution is 5.24. The number of halogens is 1. The first-order chi connectivity index (χ1) is 8.14. The molecular formula is C11H14FN5. The Kier molecular flexibility index (Phi) is 3.14. The van der Waals surface area contributed by atoms with Crippen molar-refractivity contribution < 1.29 is 4.39 Å². The minimum absolute atomic E-state index is 0.0291. The predicted octanol–water partition coefficient (Wildman–Crippen LogP) is 0.576. The first kappa shape index (κ1) is 11.7. The molecule has 0 amide bonds. The molecule has 0 aliphatic heterocycles. The Morgan fingerprint density at radius 2 is 2.06 bits per heavy atom. The molecule has 0 saturated heterocycles. The van der Waals surface area contributed by atoms with E-state index in [0.717, 1.165) is 0 Å². The van der Waals surface area contributed by atoms with Crippen LogP contribution in [0.4, 0.5) is 4.39 Å². The summed E-state index contributed by atoms with van der Waals surface area (Å²) in [4.78, 5) is 1.30. The monoisotopic (exact) mass is 235 g/mol. The fourth-order valence-electron chi connectivity index (χ4n) is 1.67. The van der Waals surface area contributed by atoms with E-state index in [-0.39, 0.29) is 13.0 Å². The van der Waals surface area contributed by atoms with Crippen LogP contribution in [0.3, 0.4) is 0 Å². The normalized spacial score (nSPS) is 14.5. The summed E-state index contributed by atoms with van der Waals surface area (Å²) >= 11 is 0. The quantitative estimate of drug-likeness (QED) is 0.841. The number of aryl methyl sites for hydroxylation is 1. The third kappa shape index (κ3) is 2.47. The Hall–Kier alpha value is -1.82. The first-order valence-electron chi connectivity index (χ1n) is 5.31.